The van der Waals surface area contributed by atoms with Crippen LogP contribution in [0.2, 0.25) is 0 Å². The maximum atomic E-state index is 13.6. The second-order valence-electron chi connectivity index (χ2n) is 8.63. The Morgan fingerprint density at radius 1 is 1.20 bits per heavy atom. The molecule has 1 aliphatic carbocycles. The number of aryl methyl sites for hydroxylation is 1. The van der Waals surface area contributed by atoms with E-state index < -0.39 is 11.2 Å². The number of rotatable bonds is 6. The molecule has 30 heavy (non-hydrogen) atoms. The van der Waals surface area contributed by atoms with Gasteiger partial charge in [0.25, 0.3) is 5.56 Å². The minimum absolute atomic E-state index is 0.0618. The molecule has 2 aromatic rings. The number of H-pyrrole nitrogens is 2. The Hall–Kier alpha value is -2.67. The third kappa shape index (κ3) is 4.41. The van der Waals surface area contributed by atoms with Gasteiger partial charge in [-0.1, -0.05) is 24.3 Å². The van der Waals surface area contributed by atoms with Crippen LogP contribution in [-0.2, 0) is 24.2 Å². The van der Waals surface area contributed by atoms with Crippen LogP contribution in [0.4, 0.5) is 0 Å². The summed E-state index contributed by atoms with van der Waals surface area (Å²) in [5, 5.41) is 0. The van der Waals surface area contributed by atoms with E-state index in [9.17, 15) is 14.4 Å². The fourth-order valence-electron chi connectivity index (χ4n) is 5.10. The molecular formula is C23H31N4O3+. The van der Waals surface area contributed by atoms with Crippen molar-refractivity contribution in [2.75, 3.05) is 19.6 Å². The number of likely N-dealkylation sites (tertiary alicyclic amines) is 1. The van der Waals surface area contributed by atoms with Gasteiger partial charge in [0.1, 0.15) is 6.04 Å². The van der Waals surface area contributed by atoms with Crippen LogP contribution in [0, 0.1) is 5.92 Å². The van der Waals surface area contributed by atoms with Gasteiger partial charge >= 0.3 is 5.69 Å². The highest BCUT2D eigenvalue weighted by atomic mass is 16.2. The summed E-state index contributed by atoms with van der Waals surface area (Å²) in [4.78, 5) is 45.5. The first-order valence-corrected chi connectivity index (χ1v) is 11.1. The van der Waals surface area contributed by atoms with Crippen molar-refractivity contribution < 1.29 is 9.69 Å². The Balaban J connectivity index is 1.56. The van der Waals surface area contributed by atoms with E-state index in [4.69, 9.17) is 0 Å². The van der Waals surface area contributed by atoms with Crippen molar-refractivity contribution in [1.82, 2.24) is 14.9 Å². The zero-order valence-corrected chi connectivity index (χ0v) is 17.6. The van der Waals surface area contributed by atoms with E-state index in [1.807, 2.05) is 11.0 Å². The average molecular weight is 412 g/mol. The molecule has 1 aromatic heterocycles. The van der Waals surface area contributed by atoms with E-state index >= 15 is 0 Å². The predicted molar refractivity (Wildman–Crippen MR) is 114 cm³/mol. The van der Waals surface area contributed by atoms with Crippen molar-refractivity contribution in [2.45, 2.75) is 51.6 Å². The SMILES string of the molecule is CC[NH+]1CCC[C@@H]1CN(Cc1c[nH]c(=O)[nH]c1=O)C(=O)[C@@H]1CCc2ccccc2C1. The molecule has 3 atom stereocenters. The van der Waals surface area contributed by atoms with Gasteiger partial charge in [-0.3, -0.25) is 14.6 Å². The van der Waals surface area contributed by atoms with E-state index in [1.54, 1.807) is 0 Å². The highest BCUT2D eigenvalue weighted by Gasteiger charge is 2.34. The van der Waals surface area contributed by atoms with Crippen molar-refractivity contribution >= 4 is 5.91 Å². The lowest BCUT2D eigenvalue weighted by Gasteiger charge is -2.32. The van der Waals surface area contributed by atoms with Gasteiger partial charge < -0.3 is 14.8 Å². The summed E-state index contributed by atoms with van der Waals surface area (Å²) in [5.41, 5.74) is 2.07. The summed E-state index contributed by atoms with van der Waals surface area (Å²) in [7, 11) is 0. The number of carbonyl (C=O) groups is 1. The number of nitrogens with one attached hydrogen (secondary N) is 3. The van der Waals surface area contributed by atoms with Gasteiger partial charge in [-0.25, -0.2) is 4.79 Å². The normalized spacial score (nSPS) is 23.2. The first kappa shape index (κ1) is 20.6. The van der Waals surface area contributed by atoms with Gasteiger partial charge in [0.2, 0.25) is 5.91 Å². The number of aromatic nitrogens is 2. The van der Waals surface area contributed by atoms with Crippen molar-refractivity contribution in [3.8, 4) is 0 Å². The van der Waals surface area contributed by atoms with Crippen LogP contribution in [0.3, 0.4) is 0 Å². The number of hydrogen-bond donors (Lipinski definition) is 3. The molecule has 160 valence electrons. The maximum Gasteiger partial charge on any atom is 0.325 e. The predicted octanol–water partition coefficient (Wildman–Crippen LogP) is 0.264. The monoisotopic (exact) mass is 411 g/mol. The molecule has 7 heteroatoms. The number of quaternary nitrogens is 1. The fraction of sp³-hybridized carbons (Fsp3) is 0.522. The third-order valence-corrected chi connectivity index (χ3v) is 6.79. The van der Waals surface area contributed by atoms with E-state index in [1.165, 1.54) is 28.6 Å². The first-order valence-electron chi connectivity index (χ1n) is 11.1. The Morgan fingerprint density at radius 3 is 2.77 bits per heavy atom. The fourth-order valence-corrected chi connectivity index (χ4v) is 5.10. The largest absolute Gasteiger partial charge is 0.332 e. The van der Waals surface area contributed by atoms with Gasteiger partial charge in [-0.2, -0.15) is 0 Å². The zero-order chi connectivity index (χ0) is 21.1. The summed E-state index contributed by atoms with van der Waals surface area (Å²) in [6.45, 7) is 5.25. The zero-order valence-electron chi connectivity index (χ0n) is 17.6. The Morgan fingerprint density at radius 2 is 2.00 bits per heavy atom. The number of aromatic amines is 2. The molecule has 0 radical (unpaired) electrons. The maximum absolute atomic E-state index is 13.6. The van der Waals surface area contributed by atoms with E-state index in [2.05, 4.69) is 35.1 Å². The molecule has 4 rings (SSSR count). The van der Waals surface area contributed by atoms with Gasteiger partial charge in [-0.15, -0.1) is 0 Å². The molecule has 1 saturated heterocycles. The molecule has 7 nitrogen and oxygen atoms in total. The summed E-state index contributed by atoms with van der Waals surface area (Å²) in [5.74, 6) is 0.0608. The molecule has 1 aromatic carbocycles. The highest BCUT2D eigenvalue weighted by molar-refractivity contribution is 5.79. The molecular weight excluding hydrogens is 380 g/mol. The summed E-state index contributed by atoms with van der Waals surface area (Å²) < 4.78 is 0. The molecule has 0 saturated carbocycles. The average Bonchev–Trinajstić information content (AvgIpc) is 3.21. The van der Waals surface area contributed by atoms with Gasteiger partial charge in [-0.05, 0) is 37.3 Å². The molecule has 1 fully saturated rings. The smallest absolute Gasteiger partial charge is 0.325 e. The van der Waals surface area contributed by atoms with Crippen LogP contribution >= 0.6 is 0 Å². The van der Waals surface area contributed by atoms with Crippen LogP contribution in [0.1, 0.15) is 42.9 Å². The lowest BCUT2D eigenvalue weighted by atomic mass is 9.83. The topological polar surface area (TPSA) is 90.5 Å². The molecule has 3 N–H and O–H groups in total. The Bertz CT molecular complexity index is 1010. The van der Waals surface area contributed by atoms with Gasteiger partial charge in [0.05, 0.1) is 31.7 Å². The van der Waals surface area contributed by atoms with Crippen LogP contribution in [0.15, 0.2) is 40.1 Å². The van der Waals surface area contributed by atoms with Crippen LogP contribution < -0.4 is 16.1 Å². The van der Waals surface area contributed by atoms with Gasteiger partial charge in [0, 0.05) is 25.0 Å². The summed E-state index contributed by atoms with van der Waals surface area (Å²) in [6.07, 6.45) is 6.21. The summed E-state index contributed by atoms with van der Waals surface area (Å²) in [6, 6.07) is 8.75. The highest BCUT2D eigenvalue weighted by Crippen LogP contribution is 2.27. The molecule has 2 aliphatic rings. The van der Waals surface area contributed by atoms with Gasteiger partial charge in [0.15, 0.2) is 0 Å². The Kier molecular flexibility index (Phi) is 6.18. The minimum Gasteiger partial charge on any atom is -0.332 e. The Labute approximate surface area is 176 Å². The van der Waals surface area contributed by atoms with Crippen molar-refractivity contribution in [3.05, 3.63) is 68.0 Å². The molecule has 1 unspecified atom stereocenters. The molecule has 0 spiro atoms. The lowest BCUT2D eigenvalue weighted by molar-refractivity contribution is -0.909. The second kappa shape index (κ2) is 9.00. The number of nitrogens with zero attached hydrogens (tertiary/aromatic N) is 1. The molecule has 2 heterocycles. The molecule has 1 amide bonds. The number of carbonyl (C=O) groups excluding carboxylic acids is 1. The van der Waals surface area contributed by atoms with Crippen molar-refractivity contribution in [3.63, 3.8) is 0 Å². The van der Waals surface area contributed by atoms with Crippen LogP contribution in [-0.4, -0.2) is 46.5 Å². The van der Waals surface area contributed by atoms with Crippen molar-refractivity contribution in [2.24, 2.45) is 5.92 Å². The first-order chi connectivity index (χ1) is 14.5. The minimum atomic E-state index is -0.525. The lowest BCUT2D eigenvalue weighted by Crippen LogP contribution is -3.14. The molecule has 1 aliphatic heterocycles. The molecule has 0 bridgehead atoms. The summed E-state index contributed by atoms with van der Waals surface area (Å²) >= 11 is 0. The van der Waals surface area contributed by atoms with E-state index in [0.717, 1.165) is 38.8 Å². The van der Waals surface area contributed by atoms with Crippen LogP contribution in [0.25, 0.3) is 0 Å². The quantitative estimate of drug-likeness (QED) is 0.637. The number of likely N-dealkylation sites (N-methyl/N-ethyl adjacent to an activating group) is 1. The number of fused-ring (bicyclic) bond motifs is 1. The third-order valence-electron chi connectivity index (χ3n) is 6.79. The van der Waals surface area contributed by atoms with E-state index in [0.29, 0.717) is 18.2 Å². The number of amides is 1. The number of hydrogen-bond acceptors (Lipinski definition) is 3. The standard InChI is InChI=1S/C23H30N4O3/c1-2-26-11-5-8-20(26)15-27(14-19-13-24-23(30)25-21(19)28)22(29)18-10-9-16-6-3-4-7-17(16)12-18/h3-4,6-7,13,18,20H,2,5,8-12,14-15H2,1H3,(H2,24,25,28,30)/p+1/t18-,20-/m1/s1. The van der Waals surface area contributed by atoms with Crippen LogP contribution in [0.5, 0.6) is 0 Å². The number of benzene rings is 1. The second-order valence-corrected chi connectivity index (χ2v) is 8.63. The van der Waals surface area contributed by atoms with Crippen molar-refractivity contribution in [1.29, 1.82) is 0 Å². The van der Waals surface area contributed by atoms with E-state index in [-0.39, 0.29) is 18.4 Å².